The number of rotatable bonds is 8. The summed E-state index contributed by atoms with van der Waals surface area (Å²) in [5.74, 6) is -0.920. The van der Waals surface area contributed by atoms with Gasteiger partial charge in [-0.15, -0.1) is 0 Å². The zero-order chi connectivity index (χ0) is 24.0. The van der Waals surface area contributed by atoms with Crippen molar-refractivity contribution >= 4 is 29.0 Å². The van der Waals surface area contributed by atoms with Gasteiger partial charge in [0.05, 0.1) is 17.7 Å². The average Bonchev–Trinajstić information content (AvgIpc) is 2.79. The standard InChI is InChI=1S/C24H27N5O4/c1-3-4-14-29-21(25)20(22(31)27-24(29)33)28(2)23(32)17-12-8-9-13-18(17)26-19(30)15-16-10-6-5-7-11-16/h5-13H,3-4,14-15,25H2,1-2H3,(H,26,30)(H,27,31,33). The van der Waals surface area contributed by atoms with Crippen molar-refractivity contribution in [1.82, 2.24) is 9.55 Å². The lowest BCUT2D eigenvalue weighted by Crippen LogP contribution is -2.39. The third kappa shape index (κ3) is 5.38. The highest BCUT2D eigenvalue weighted by atomic mass is 16.2. The van der Waals surface area contributed by atoms with Gasteiger partial charge in [0.2, 0.25) is 5.91 Å². The van der Waals surface area contributed by atoms with E-state index in [0.29, 0.717) is 18.7 Å². The van der Waals surface area contributed by atoms with Crippen molar-refractivity contribution in [3.63, 3.8) is 0 Å². The Morgan fingerprint density at radius 3 is 2.42 bits per heavy atom. The minimum atomic E-state index is -0.758. The summed E-state index contributed by atoms with van der Waals surface area (Å²) in [7, 11) is 1.40. The predicted octanol–water partition coefficient (Wildman–Crippen LogP) is 2.38. The van der Waals surface area contributed by atoms with E-state index in [1.54, 1.807) is 24.3 Å². The Hall–Kier alpha value is -4.14. The van der Waals surface area contributed by atoms with Crippen LogP contribution in [-0.2, 0) is 17.8 Å². The molecule has 0 bridgehead atoms. The van der Waals surface area contributed by atoms with E-state index in [1.807, 2.05) is 37.3 Å². The molecule has 1 aromatic heterocycles. The molecule has 2 aromatic carbocycles. The van der Waals surface area contributed by atoms with Gasteiger partial charge in [-0.3, -0.25) is 23.9 Å². The van der Waals surface area contributed by atoms with E-state index in [-0.39, 0.29) is 29.4 Å². The van der Waals surface area contributed by atoms with Gasteiger partial charge < -0.3 is 16.0 Å². The van der Waals surface area contributed by atoms with Crippen LogP contribution >= 0.6 is 0 Å². The number of unbranched alkanes of at least 4 members (excludes halogenated alkanes) is 1. The zero-order valence-electron chi connectivity index (χ0n) is 18.6. The molecule has 0 aliphatic rings. The van der Waals surface area contributed by atoms with Crippen LogP contribution in [0.1, 0.15) is 35.7 Å². The molecule has 0 fully saturated rings. The molecule has 33 heavy (non-hydrogen) atoms. The predicted molar refractivity (Wildman–Crippen MR) is 129 cm³/mol. The molecule has 0 spiro atoms. The Morgan fingerprint density at radius 2 is 1.73 bits per heavy atom. The minimum absolute atomic E-state index is 0.0846. The molecule has 0 saturated carbocycles. The lowest BCUT2D eigenvalue weighted by molar-refractivity contribution is -0.115. The Bertz CT molecular complexity index is 1260. The summed E-state index contributed by atoms with van der Waals surface area (Å²) in [4.78, 5) is 53.9. The molecule has 0 aliphatic heterocycles. The van der Waals surface area contributed by atoms with E-state index in [9.17, 15) is 19.2 Å². The third-order valence-electron chi connectivity index (χ3n) is 5.23. The van der Waals surface area contributed by atoms with E-state index in [4.69, 9.17) is 5.73 Å². The summed E-state index contributed by atoms with van der Waals surface area (Å²) in [5, 5.41) is 2.77. The Balaban J connectivity index is 1.90. The van der Waals surface area contributed by atoms with Gasteiger partial charge in [0, 0.05) is 13.6 Å². The van der Waals surface area contributed by atoms with E-state index in [0.717, 1.165) is 16.9 Å². The molecular formula is C24H27N5O4. The molecule has 172 valence electrons. The second kappa shape index (κ2) is 10.4. The molecule has 3 rings (SSSR count). The summed E-state index contributed by atoms with van der Waals surface area (Å²) in [6.45, 7) is 2.28. The number of aromatic nitrogens is 2. The van der Waals surface area contributed by atoms with Crippen LogP contribution in [0.5, 0.6) is 0 Å². The molecule has 9 heteroatoms. The van der Waals surface area contributed by atoms with Crippen molar-refractivity contribution in [3.8, 4) is 0 Å². The number of nitrogens with one attached hydrogen (secondary N) is 2. The lowest BCUT2D eigenvalue weighted by Gasteiger charge is -2.21. The number of benzene rings is 2. The quantitative estimate of drug-likeness (QED) is 0.486. The van der Waals surface area contributed by atoms with Gasteiger partial charge in [0.25, 0.3) is 11.5 Å². The van der Waals surface area contributed by atoms with E-state index >= 15 is 0 Å². The van der Waals surface area contributed by atoms with Crippen LogP contribution in [0.15, 0.2) is 64.2 Å². The van der Waals surface area contributed by atoms with Gasteiger partial charge >= 0.3 is 5.69 Å². The molecule has 2 amide bonds. The second-order valence-electron chi connectivity index (χ2n) is 7.62. The summed E-state index contributed by atoms with van der Waals surface area (Å²) in [6.07, 6.45) is 1.66. The molecule has 0 atom stereocenters. The van der Waals surface area contributed by atoms with E-state index < -0.39 is 17.2 Å². The highest BCUT2D eigenvalue weighted by molar-refractivity contribution is 6.12. The normalized spacial score (nSPS) is 10.6. The monoisotopic (exact) mass is 449 g/mol. The molecule has 0 radical (unpaired) electrons. The second-order valence-corrected chi connectivity index (χ2v) is 7.62. The lowest BCUT2D eigenvalue weighted by atomic mass is 10.1. The number of anilines is 3. The number of aromatic amines is 1. The number of H-pyrrole nitrogens is 1. The Morgan fingerprint density at radius 1 is 1.06 bits per heavy atom. The molecule has 0 aliphatic carbocycles. The number of nitrogens with zero attached hydrogens (tertiary/aromatic N) is 2. The highest BCUT2D eigenvalue weighted by Crippen LogP contribution is 2.22. The largest absolute Gasteiger partial charge is 0.383 e. The summed E-state index contributed by atoms with van der Waals surface area (Å²) < 4.78 is 1.25. The van der Waals surface area contributed by atoms with Crippen molar-refractivity contribution in [2.45, 2.75) is 32.7 Å². The van der Waals surface area contributed by atoms with Gasteiger partial charge in [-0.05, 0) is 24.1 Å². The highest BCUT2D eigenvalue weighted by Gasteiger charge is 2.24. The van der Waals surface area contributed by atoms with Crippen LogP contribution in [0, 0.1) is 0 Å². The molecular weight excluding hydrogens is 422 g/mol. The fourth-order valence-corrected chi connectivity index (χ4v) is 3.48. The first-order valence-electron chi connectivity index (χ1n) is 10.7. The van der Waals surface area contributed by atoms with Crippen LogP contribution in [0.25, 0.3) is 0 Å². The maximum absolute atomic E-state index is 13.3. The topological polar surface area (TPSA) is 130 Å². The van der Waals surface area contributed by atoms with Crippen LogP contribution in [0.4, 0.5) is 17.2 Å². The van der Waals surface area contributed by atoms with Crippen molar-refractivity contribution in [2.75, 3.05) is 23.0 Å². The van der Waals surface area contributed by atoms with Crippen molar-refractivity contribution in [2.24, 2.45) is 0 Å². The summed E-state index contributed by atoms with van der Waals surface area (Å²) in [5.41, 5.74) is 5.96. The van der Waals surface area contributed by atoms with Crippen LogP contribution in [0.3, 0.4) is 0 Å². The van der Waals surface area contributed by atoms with Crippen molar-refractivity contribution < 1.29 is 9.59 Å². The summed E-state index contributed by atoms with van der Waals surface area (Å²) >= 11 is 0. The SMILES string of the molecule is CCCCn1c(N)c(N(C)C(=O)c2ccccc2NC(=O)Cc2ccccc2)c(=O)[nH]c1=O. The Kier molecular flexibility index (Phi) is 7.45. The van der Waals surface area contributed by atoms with Gasteiger partial charge in [-0.1, -0.05) is 55.8 Å². The Labute approximate surface area is 190 Å². The number of para-hydroxylation sites is 1. The molecule has 9 nitrogen and oxygen atoms in total. The van der Waals surface area contributed by atoms with Crippen LogP contribution < -0.4 is 27.2 Å². The van der Waals surface area contributed by atoms with Gasteiger partial charge in [0.1, 0.15) is 5.82 Å². The van der Waals surface area contributed by atoms with Gasteiger partial charge in [0.15, 0.2) is 5.69 Å². The van der Waals surface area contributed by atoms with Crippen LogP contribution in [0.2, 0.25) is 0 Å². The number of amides is 2. The van der Waals surface area contributed by atoms with Gasteiger partial charge in [-0.25, -0.2) is 4.79 Å². The zero-order valence-corrected chi connectivity index (χ0v) is 18.6. The molecule has 3 aromatic rings. The number of nitrogen functional groups attached to an aromatic ring is 1. The number of hydrogen-bond acceptors (Lipinski definition) is 5. The molecule has 1 heterocycles. The van der Waals surface area contributed by atoms with Crippen molar-refractivity contribution in [3.05, 3.63) is 86.6 Å². The number of carbonyl (C=O) groups excluding carboxylic acids is 2. The average molecular weight is 450 g/mol. The molecule has 4 N–H and O–H groups in total. The smallest absolute Gasteiger partial charge is 0.330 e. The number of carbonyl (C=O) groups is 2. The maximum Gasteiger partial charge on any atom is 0.330 e. The maximum atomic E-state index is 13.3. The van der Waals surface area contributed by atoms with Crippen LogP contribution in [-0.4, -0.2) is 28.4 Å². The number of nitrogens with two attached hydrogens (primary N) is 1. The number of hydrogen-bond donors (Lipinski definition) is 3. The van der Waals surface area contributed by atoms with E-state index in [1.165, 1.54) is 11.6 Å². The first kappa shape index (κ1) is 23.5. The minimum Gasteiger partial charge on any atom is -0.383 e. The molecule has 0 saturated heterocycles. The van der Waals surface area contributed by atoms with Crippen molar-refractivity contribution in [1.29, 1.82) is 0 Å². The van der Waals surface area contributed by atoms with Gasteiger partial charge in [-0.2, -0.15) is 0 Å². The summed E-state index contributed by atoms with van der Waals surface area (Å²) in [6, 6.07) is 15.7. The third-order valence-corrected chi connectivity index (χ3v) is 5.23. The fourth-order valence-electron chi connectivity index (χ4n) is 3.48. The molecule has 0 unspecified atom stereocenters. The van der Waals surface area contributed by atoms with E-state index in [2.05, 4.69) is 10.3 Å². The first-order chi connectivity index (χ1) is 15.8. The first-order valence-corrected chi connectivity index (χ1v) is 10.7. The fraction of sp³-hybridized carbons (Fsp3) is 0.250.